The molecule has 0 aromatic heterocycles. The van der Waals surface area contributed by atoms with E-state index in [4.69, 9.17) is 13.9 Å². The molecule has 5 aliphatic carbocycles. The summed E-state index contributed by atoms with van der Waals surface area (Å²) in [5.74, 6) is 4.02. The smallest absolute Gasteiger partial charge is 0.192 e. The molecular formula is C33H57BrO4Si. The Balaban J connectivity index is 1.53. The highest BCUT2D eigenvalue weighted by Crippen LogP contribution is 2.72. The van der Waals surface area contributed by atoms with E-state index in [1.54, 1.807) is 7.11 Å². The molecule has 4 nitrogen and oxygen atoms in total. The van der Waals surface area contributed by atoms with Crippen molar-refractivity contribution < 1.29 is 19.0 Å². The third-order valence-corrected chi connectivity index (χ3v) is 19.4. The van der Waals surface area contributed by atoms with Crippen LogP contribution < -0.4 is 0 Å². The maximum absolute atomic E-state index is 11.4. The summed E-state index contributed by atoms with van der Waals surface area (Å²) in [6.45, 7) is 17.5. The van der Waals surface area contributed by atoms with Crippen LogP contribution in [0.4, 0.5) is 0 Å². The van der Waals surface area contributed by atoms with Gasteiger partial charge in [0.2, 0.25) is 0 Å². The second-order valence-corrected chi connectivity index (χ2v) is 20.4. The fourth-order valence-corrected chi connectivity index (χ4v) is 14.9. The van der Waals surface area contributed by atoms with Crippen molar-refractivity contribution in [2.24, 2.45) is 52.3 Å². The van der Waals surface area contributed by atoms with Crippen LogP contribution in [0, 0.1) is 52.3 Å². The molecule has 0 radical (unpaired) electrons. The molecule has 4 fully saturated rings. The molecule has 5 rings (SSSR count). The van der Waals surface area contributed by atoms with E-state index < -0.39 is 8.32 Å². The molecule has 4 saturated carbocycles. The molecule has 0 bridgehead atoms. The maximum Gasteiger partial charge on any atom is 0.192 e. The zero-order valence-electron chi connectivity index (χ0n) is 26.1. The van der Waals surface area contributed by atoms with E-state index in [1.165, 1.54) is 68.7 Å². The number of rotatable bonds is 8. The van der Waals surface area contributed by atoms with Crippen molar-refractivity contribution in [3.8, 4) is 0 Å². The minimum absolute atomic E-state index is 0.225. The number of methoxy groups -OCH3 is 1. The lowest BCUT2D eigenvalue weighted by Gasteiger charge is -2.62. The van der Waals surface area contributed by atoms with Crippen molar-refractivity contribution in [1.29, 1.82) is 0 Å². The largest absolute Gasteiger partial charge is 0.413 e. The number of halogens is 1. The van der Waals surface area contributed by atoms with E-state index in [9.17, 15) is 5.11 Å². The Bertz CT molecular complexity index is 913. The van der Waals surface area contributed by atoms with Gasteiger partial charge in [0.15, 0.2) is 8.32 Å². The van der Waals surface area contributed by atoms with Gasteiger partial charge < -0.3 is 19.0 Å². The highest BCUT2D eigenvalue weighted by molar-refractivity contribution is 9.11. The van der Waals surface area contributed by atoms with Gasteiger partial charge in [0.1, 0.15) is 6.79 Å². The summed E-state index contributed by atoms with van der Waals surface area (Å²) in [5, 5.41) is 11.4. The lowest BCUT2D eigenvalue weighted by Crippen LogP contribution is -2.56. The summed E-state index contributed by atoms with van der Waals surface area (Å²) in [7, 11) is -0.0857. The number of aliphatic hydroxyl groups excluding tert-OH is 1. The molecule has 5 aliphatic rings. The molecule has 39 heavy (non-hydrogen) atoms. The van der Waals surface area contributed by atoms with Crippen LogP contribution in [0.15, 0.2) is 10.1 Å². The fourth-order valence-electron chi connectivity index (χ4n) is 11.4. The summed E-state index contributed by atoms with van der Waals surface area (Å²) in [6.07, 6.45) is 9.21. The molecule has 0 spiro atoms. The quantitative estimate of drug-likeness (QED) is 0.217. The average Bonchev–Trinajstić information content (AvgIpc) is 3.20. The molecule has 0 aromatic rings. The molecule has 0 amide bonds. The molecular weight excluding hydrogens is 568 g/mol. The van der Waals surface area contributed by atoms with Gasteiger partial charge in [0.05, 0.1) is 18.3 Å². The second kappa shape index (κ2) is 11.4. The first kappa shape index (κ1) is 30.7. The van der Waals surface area contributed by atoms with Crippen LogP contribution in [-0.4, -0.2) is 45.6 Å². The Kier molecular flexibility index (Phi) is 8.99. The third-order valence-electron chi connectivity index (χ3n) is 13.7. The van der Waals surface area contributed by atoms with E-state index in [1.807, 2.05) is 0 Å². The zero-order chi connectivity index (χ0) is 28.3. The first-order chi connectivity index (χ1) is 18.5. The summed E-state index contributed by atoms with van der Waals surface area (Å²) in [5.41, 5.74) is 2.01. The average molecular weight is 626 g/mol. The number of hydrogen-bond acceptors (Lipinski definition) is 4. The Morgan fingerprint density at radius 2 is 1.64 bits per heavy atom. The van der Waals surface area contributed by atoms with Crippen LogP contribution in [0.25, 0.3) is 0 Å². The van der Waals surface area contributed by atoms with Crippen LogP contribution in [0.1, 0.15) is 93.4 Å². The number of fused-ring (bicyclic) bond motifs is 7. The van der Waals surface area contributed by atoms with Crippen LogP contribution in [0.2, 0.25) is 18.1 Å². The first-order valence-electron chi connectivity index (χ1n) is 16.3. The number of ether oxygens (including phenoxy) is 2. The van der Waals surface area contributed by atoms with Crippen molar-refractivity contribution >= 4 is 24.2 Å². The predicted octanol–water partition coefficient (Wildman–Crippen LogP) is 8.54. The van der Waals surface area contributed by atoms with Gasteiger partial charge in [-0.05, 0) is 116 Å². The lowest BCUT2D eigenvalue weighted by molar-refractivity contribution is -0.161. The normalized spacial score (nSPS) is 47.8. The van der Waals surface area contributed by atoms with Crippen LogP contribution in [-0.2, 0) is 13.9 Å². The Morgan fingerprint density at radius 3 is 2.28 bits per heavy atom. The van der Waals surface area contributed by atoms with Gasteiger partial charge in [0.25, 0.3) is 0 Å². The van der Waals surface area contributed by atoms with Gasteiger partial charge in [-0.25, -0.2) is 0 Å². The highest BCUT2D eigenvalue weighted by atomic mass is 79.9. The first-order valence-corrected chi connectivity index (χ1v) is 19.7. The van der Waals surface area contributed by atoms with E-state index in [2.05, 4.69) is 64.4 Å². The van der Waals surface area contributed by atoms with Gasteiger partial charge in [-0.1, -0.05) is 63.0 Å². The molecule has 6 heteroatoms. The van der Waals surface area contributed by atoms with Crippen molar-refractivity contribution in [1.82, 2.24) is 0 Å². The van der Waals surface area contributed by atoms with Gasteiger partial charge >= 0.3 is 0 Å². The predicted molar refractivity (Wildman–Crippen MR) is 165 cm³/mol. The minimum Gasteiger partial charge on any atom is -0.413 e. The molecule has 0 aliphatic heterocycles. The molecule has 0 saturated heterocycles. The van der Waals surface area contributed by atoms with Crippen LogP contribution in [0.3, 0.4) is 0 Å². The molecule has 0 aromatic carbocycles. The molecule has 1 unspecified atom stereocenters. The van der Waals surface area contributed by atoms with Crippen molar-refractivity contribution in [3.63, 3.8) is 0 Å². The van der Waals surface area contributed by atoms with E-state index >= 15 is 0 Å². The summed E-state index contributed by atoms with van der Waals surface area (Å²) in [4.78, 5) is 0. The molecule has 12 atom stereocenters. The topological polar surface area (TPSA) is 47.9 Å². The standard InChI is InChI=1S/C33H57BrO4Si/c1-9-39(10-2,11-3)38-31-26-20(4)29(34)30(35)21(5)27(26)33(7)17-15-25-24(28(31)33)13-12-22-18-23(37-19-36-8)14-16-32(22,25)6/h21-28,30-31,35H,9-19H2,1-8H3/t21-,22-,23-,24+,25-,26?,27-,28+,30-,31+,32-,33+/m0/s1. The molecule has 0 heterocycles. The summed E-state index contributed by atoms with van der Waals surface area (Å²) in [6, 6.07) is 3.61. The fraction of sp³-hybridized carbons (Fsp3) is 0.939. The second-order valence-electron chi connectivity index (χ2n) is 14.8. The van der Waals surface area contributed by atoms with E-state index in [-0.39, 0.29) is 17.4 Å². The Morgan fingerprint density at radius 1 is 0.974 bits per heavy atom. The molecule has 1 N–H and O–H groups in total. The van der Waals surface area contributed by atoms with Crippen molar-refractivity contribution in [3.05, 3.63) is 10.1 Å². The summed E-state index contributed by atoms with van der Waals surface area (Å²) >= 11 is 3.88. The monoisotopic (exact) mass is 624 g/mol. The van der Waals surface area contributed by atoms with Crippen LogP contribution >= 0.6 is 15.9 Å². The van der Waals surface area contributed by atoms with Gasteiger partial charge in [-0.3, -0.25) is 0 Å². The molecule has 224 valence electrons. The van der Waals surface area contributed by atoms with Gasteiger partial charge in [0, 0.05) is 17.5 Å². The van der Waals surface area contributed by atoms with Crippen molar-refractivity contribution in [2.75, 3.05) is 13.9 Å². The number of hydrogen-bond donors (Lipinski definition) is 1. The Labute approximate surface area is 248 Å². The van der Waals surface area contributed by atoms with Gasteiger partial charge in [-0.2, -0.15) is 0 Å². The third kappa shape index (κ3) is 4.72. The zero-order valence-corrected chi connectivity index (χ0v) is 28.7. The summed E-state index contributed by atoms with van der Waals surface area (Å²) < 4.78 is 20.1. The Hall–Kier alpha value is 0.277. The van der Waals surface area contributed by atoms with E-state index in [0.29, 0.717) is 42.2 Å². The minimum atomic E-state index is -1.82. The number of aliphatic hydroxyl groups is 1. The SMILES string of the molecule is CC[Si](CC)(CC)O[C@@H]1C2C(C)=C(Br)[C@@H](O)[C@@H](C)[C@@H]2[C@@]2(C)CC[C@H]3[C@@H](CC[C@H]4C[C@@H](OCOC)CC[C@@]43C)[C@H]12. The van der Waals surface area contributed by atoms with E-state index in [0.717, 1.165) is 22.2 Å². The van der Waals surface area contributed by atoms with Crippen molar-refractivity contribution in [2.45, 2.75) is 130 Å². The maximum atomic E-state index is 11.4. The van der Waals surface area contributed by atoms with Crippen LogP contribution in [0.5, 0.6) is 0 Å². The highest BCUT2D eigenvalue weighted by Gasteiger charge is 2.69. The van der Waals surface area contributed by atoms with Gasteiger partial charge in [-0.15, -0.1) is 0 Å². The lowest BCUT2D eigenvalue weighted by atomic mass is 9.44.